The maximum Gasteiger partial charge on any atom is 0.266 e. The van der Waals surface area contributed by atoms with Gasteiger partial charge in [0.05, 0.1) is 35.8 Å². The molecule has 3 heterocycles. The van der Waals surface area contributed by atoms with Gasteiger partial charge in [-0.15, -0.1) is 0 Å². The second kappa shape index (κ2) is 5.14. The van der Waals surface area contributed by atoms with Crippen molar-refractivity contribution in [2.45, 2.75) is 4.90 Å². The van der Waals surface area contributed by atoms with E-state index in [1.807, 2.05) is 18.0 Å². The molecule has 0 fully saturated rings. The predicted molar refractivity (Wildman–Crippen MR) is 89.5 cm³/mol. The summed E-state index contributed by atoms with van der Waals surface area (Å²) in [6, 6.07) is 6.85. The molecule has 1 aromatic carbocycles. The van der Waals surface area contributed by atoms with Crippen LogP contribution in [0.15, 0.2) is 41.6 Å². The standard InChI is InChI=1S/C14H13N5O2S2/c1-18-7-8-19(12-9-15-6-5-11(12)18)23(20,21)13-4-2-3-10-14(13)17-22-16-10/h2-6,9H,7-8H2,1H3. The summed E-state index contributed by atoms with van der Waals surface area (Å²) in [5.41, 5.74) is 2.44. The lowest BCUT2D eigenvalue weighted by molar-refractivity contribution is 0.590. The first-order chi connectivity index (χ1) is 11.1. The molecular formula is C14H13N5O2S2. The largest absolute Gasteiger partial charge is 0.371 e. The zero-order chi connectivity index (χ0) is 16.0. The van der Waals surface area contributed by atoms with Crippen molar-refractivity contribution in [3.63, 3.8) is 0 Å². The van der Waals surface area contributed by atoms with Gasteiger partial charge >= 0.3 is 0 Å². The fourth-order valence-corrected chi connectivity index (χ4v) is 4.94. The molecule has 1 aliphatic rings. The Balaban J connectivity index is 1.90. The second-order valence-electron chi connectivity index (χ2n) is 5.25. The van der Waals surface area contributed by atoms with Crippen molar-refractivity contribution >= 4 is 44.2 Å². The number of hydrogen-bond acceptors (Lipinski definition) is 7. The van der Waals surface area contributed by atoms with Crippen molar-refractivity contribution in [2.75, 3.05) is 29.3 Å². The highest BCUT2D eigenvalue weighted by molar-refractivity contribution is 7.93. The summed E-state index contributed by atoms with van der Waals surface area (Å²) in [5, 5.41) is 0. The molecular weight excluding hydrogens is 334 g/mol. The molecule has 3 aromatic rings. The lowest BCUT2D eigenvalue weighted by Crippen LogP contribution is -2.42. The minimum absolute atomic E-state index is 0.183. The summed E-state index contributed by atoms with van der Waals surface area (Å²) in [7, 11) is -1.79. The molecule has 1 aliphatic heterocycles. The average Bonchev–Trinajstić information content (AvgIpc) is 3.03. The number of hydrogen-bond donors (Lipinski definition) is 0. The Morgan fingerprint density at radius 1 is 1.13 bits per heavy atom. The van der Waals surface area contributed by atoms with Crippen LogP contribution in [0, 0.1) is 0 Å². The fraction of sp³-hybridized carbons (Fsp3) is 0.214. The molecule has 23 heavy (non-hydrogen) atoms. The van der Waals surface area contributed by atoms with Crippen LogP contribution in [0.5, 0.6) is 0 Å². The van der Waals surface area contributed by atoms with Crippen molar-refractivity contribution in [3.8, 4) is 0 Å². The molecule has 4 rings (SSSR count). The highest BCUT2D eigenvalue weighted by Gasteiger charge is 2.32. The van der Waals surface area contributed by atoms with E-state index in [0.29, 0.717) is 29.8 Å². The van der Waals surface area contributed by atoms with Gasteiger partial charge in [0.2, 0.25) is 0 Å². The quantitative estimate of drug-likeness (QED) is 0.702. The zero-order valence-corrected chi connectivity index (χ0v) is 13.9. The first kappa shape index (κ1) is 14.3. The lowest BCUT2D eigenvalue weighted by atomic mass is 10.2. The fourth-order valence-electron chi connectivity index (χ4n) is 2.73. The Kier molecular flexibility index (Phi) is 3.20. The van der Waals surface area contributed by atoms with Gasteiger partial charge in [-0.05, 0) is 18.2 Å². The second-order valence-corrected chi connectivity index (χ2v) is 7.61. The van der Waals surface area contributed by atoms with Gasteiger partial charge in [-0.3, -0.25) is 9.29 Å². The summed E-state index contributed by atoms with van der Waals surface area (Å²) in [6.07, 6.45) is 3.25. The van der Waals surface area contributed by atoms with Gasteiger partial charge in [0, 0.05) is 19.8 Å². The van der Waals surface area contributed by atoms with Crippen LogP contribution in [0.25, 0.3) is 11.0 Å². The smallest absolute Gasteiger partial charge is 0.266 e. The molecule has 7 nitrogen and oxygen atoms in total. The van der Waals surface area contributed by atoms with Gasteiger partial charge in [0.1, 0.15) is 15.9 Å². The molecule has 0 bridgehead atoms. The zero-order valence-electron chi connectivity index (χ0n) is 12.2. The van der Waals surface area contributed by atoms with Gasteiger partial charge in [-0.2, -0.15) is 8.75 Å². The third-order valence-electron chi connectivity index (χ3n) is 3.91. The number of anilines is 2. The van der Waals surface area contributed by atoms with Crippen molar-refractivity contribution in [2.24, 2.45) is 0 Å². The average molecular weight is 347 g/mol. The number of aromatic nitrogens is 3. The minimum atomic E-state index is -3.72. The van der Waals surface area contributed by atoms with Crippen LogP contribution in [-0.2, 0) is 10.0 Å². The number of nitrogens with zero attached hydrogens (tertiary/aromatic N) is 5. The molecule has 2 aromatic heterocycles. The molecule has 118 valence electrons. The normalized spacial score (nSPS) is 15.0. The van der Waals surface area contributed by atoms with Crippen molar-refractivity contribution in [1.29, 1.82) is 0 Å². The van der Waals surface area contributed by atoms with Crippen LogP contribution in [0.4, 0.5) is 11.4 Å². The van der Waals surface area contributed by atoms with E-state index in [4.69, 9.17) is 0 Å². The third-order valence-corrected chi connectivity index (χ3v) is 6.30. The van der Waals surface area contributed by atoms with Gasteiger partial charge in [0.15, 0.2) is 0 Å². The van der Waals surface area contributed by atoms with Crippen LogP contribution >= 0.6 is 11.7 Å². The van der Waals surface area contributed by atoms with Crippen molar-refractivity contribution < 1.29 is 8.42 Å². The summed E-state index contributed by atoms with van der Waals surface area (Å²) >= 11 is 1.01. The Morgan fingerprint density at radius 2 is 2.00 bits per heavy atom. The molecule has 0 aliphatic carbocycles. The molecule has 0 saturated carbocycles. The Hall–Kier alpha value is -2.26. The van der Waals surface area contributed by atoms with Crippen LogP contribution in [0.3, 0.4) is 0 Å². The maximum absolute atomic E-state index is 13.2. The lowest BCUT2D eigenvalue weighted by Gasteiger charge is -2.35. The van der Waals surface area contributed by atoms with E-state index in [1.165, 1.54) is 4.31 Å². The maximum atomic E-state index is 13.2. The SMILES string of the molecule is CN1CCN(S(=O)(=O)c2cccc3nsnc23)c2cnccc21. The topological polar surface area (TPSA) is 79.3 Å². The van der Waals surface area contributed by atoms with E-state index in [2.05, 4.69) is 13.7 Å². The number of fused-ring (bicyclic) bond motifs is 2. The van der Waals surface area contributed by atoms with Crippen LogP contribution < -0.4 is 9.21 Å². The van der Waals surface area contributed by atoms with Gasteiger partial charge in [-0.1, -0.05) is 6.07 Å². The van der Waals surface area contributed by atoms with Crippen LogP contribution in [0.2, 0.25) is 0 Å². The molecule has 0 amide bonds. The van der Waals surface area contributed by atoms with E-state index in [9.17, 15) is 8.42 Å². The molecule has 0 atom stereocenters. The number of benzene rings is 1. The highest BCUT2D eigenvalue weighted by Crippen LogP contribution is 2.36. The number of likely N-dealkylation sites (N-methyl/N-ethyl adjacent to an activating group) is 1. The summed E-state index contributed by atoms with van der Waals surface area (Å²) in [5.74, 6) is 0. The molecule has 0 unspecified atom stereocenters. The van der Waals surface area contributed by atoms with E-state index >= 15 is 0 Å². The summed E-state index contributed by atoms with van der Waals surface area (Å²) in [6.45, 7) is 0.979. The first-order valence-electron chi connectivity index (χ1n) is 6.98. The van der Waals surface area contributed by atoms with Crippen LogP contribution in [-0.4, -0.2) is 42.3 Å². The van der Waals surface area contributed by atoms with Gasteiger partial charge < -0.3 is 4.90 Å². The molecule has 0 N–H and O–H groups in total. The Labute approximate surface area is 137 Å². The monoisotopic (exact) mass is 347 g/mol. The molecule has 0 radical (unpaired) electrons. The van der Waals surface area contributed by atoms with Crippen LogP contribution in [0.1, 0.15) is 0 Å². The Morgan fingerprint density at radius 3 is 2.87 bits per heavy atom. The molecule has 9 heteroatoms. The number of pyridine rings is 1. The van der Waals surface area contributed by atoms with E-state index in [0.717, 1.165) is 17.4 Å². The minimum Gasteiger partial charge on any atom is -0.371 e. The predicted octanol–water partition coefficient (Wildman–Crippen LogP) is 1.73. The third kappa shape index (κ3) is 2.15. The van der Waals surface area contributed by atoms with E-state index in [1.54, 1.807) is 30.6 Å². The molecule has 0 saturated heterocycles. The van der Waals surface area contributed by atoms with E-state index in [-0.39, 0.29) is 4.90 Å². The first-order valence-corrected chi connectivity index (χ1v) is 9.15. The number of rotatable bonds is 2. The van der Waals surface area contributed by atoms with Crippen molar-refractivity contribution in [1.82, 2.24) is 13.7 Å². The van der Waals surface area contributed by atoms with Crippen molar-refractivity contribution in [3.05, 3.63) is 36.7 Å². The Bertz CT molecular complexity index is 986. The van der Waals surface area contributed by atoms with Gasteiger partial charge in [-0.25, -0.2) is 8.42 Å². The summed E-state index contributed by atoms with van der Waals surface area (Å²) < 4.78 is 36.0. The summed E-state index contributed by atoms with van der Waals surface area (Å²) in [4.78, 5) is 6.29. The van der Waals surface area contributed by atoms with E-state index < -0.39 is 10.0 Å². The molecule has 0 spiro atoms. The number of sulfonamides is 1. The highest BCUT2D eigenvalue weighted by atomic mass is 32.2. The van der Waals surface area contributed by atoms with Gasteiger partial charge in [0.25, 0.3) is 10.0 Å².